The molecule has 1 fully saturated rings. The molecule has 0 saturated heterocycles. The molecule has 0 radical (unpaired) electrons. The van der Waals surface area contributed by atoms with Gasteiger partial charge in [0.15, 0.2) is 15.1 Å². The number of nitrogens with zero attached hydrogens (tertiary/aromatic N) is 1. The van der Waals surface area contributed by atoms with E-state index in [0.29, 0.717) is 22.4 Å². The van der Waals surface area contributed by atoms with Crippen molar-refractivity contribution >= 4 is 49.1 Å². The molecule has 3 amide bonds. The lowest BCUT2D eigenvalue weighted by Crippen LogP contribution is -2.42. The lowest BCUT2D eigenvalue weighted by Gasteiger charge is -2.17. The van der Waals surface area contributed by atoms with Crippen LogP contribution in [0.1, 0.15) is 52.9 Å². The van der Waals surface area contributed by atoms with E-state index >= 15 is 4.39 Å². The molecule has 3 N–H and O–H groups in total. The molecule has 37 heavy (non-hydrogen) atoms. The minimum Gasteiger partial charge on any atom is -0.352 e. The average Bonchev–Trinajstić information content (AvgIpc) is 3.45. The van der Waals surface area contributed by atoms with Gasteiger partial charge in [-0.05, 0) is 49.9 Å². The standard InChI is InChI=1S/C25H25FN4O5S2/c1-12(2)37(34,35)22(24(33)28-11-21(31)29-15-5-6-15)25-30-19-9-18(26)16(8-20(19)36-25)13-3-4-14-10-27-23(32)17(14)7-13/h3-4,7-9,12,15,22H,5-6,10-11H2,1-2H3,(H,27,32)(H,28,33)(H,29,31). The summed E-state index contributed by atoms with van der Waals surface area (Å²) in [5, 5.41) is 5.34. The van der Waals surface area contributed by atoms with E-state index in [1.807, 2.05) is 0 Å². The van der Waals surface area contributed by atoms with Gasteiger partial charge in [-0.25, -0.2) is 17.8 Å². The van der Waals surface area contributed by atoms with Crippen LogP contribution >= 0.6 is 11.3 Å². The van der Waals surface area contributed by atoms with Crippen molar-refractivity contribution in [3.8, 4) is 11.1 Å². The van der Waals surface area contributed by atoms with Crippen LogP contribution in [0.5, 0.6) is 0 Å². The second-order valence-electron chi connectivity index (χ2n) is 9.48. The van der Waals surface area contributed by atoms with E-state index in [9.17, 15) is 22.8 Å². The molecule has 1 aliphatic carbocycles. The fourth-order valence-corrected chi connectivity index (χ4v) is 6.90. The first-order chi connectivity index (χ1) is 17.5. The Balaban J connectivity index is 1.49. The van der Waals surface area contributed by atoms with E-state index in [0.717, 1.165) is 29.7 Å². The first kappa shape index (κ1) is 25.3. The van der Waals surface area contributed by atoms with Crippen molar-refractivity contribution in [1.82, 2.24) is 20.9 Å². The first-order valence-corrected chi connectivity index (χ1v) is 14.3. The maximum absolute atomic E-state index is 15.1. The summed E-state index contributed by atoms with van der Waals surface area (Å²) < 4.78 is 42.0. The van der Waals surface area contributed by atoms with Crippen LogP contribution in [0.4, 0.5) is 4.39 Å². The second-order valence-corrected chi connectivity index (χ2v) is 13.1. The number of carbonyl (C=O) groups excluding carboxylic acids is 3. The Kier molecular flexibility index (Phi) is 6.48. The fourth-order valence-electron chi connectivity index (χ4n) is 4.12. The van der Waals surface area contributed by atoms with Gasteiger partial charge in [-0.2, -0.15) is 0 Å². The van der Waals surface area contributed by atoms with Crippen LogP contribution in [0.15, 0.2) is 30.3 Å². The van der Waals surface area contributed by atoms with Crippen molar-refractivity contribution in [2.45, 2.75) is 49.8 Å². The molecule has 1 aliphatic heterocycles. The minimum atomic E-state index is -4.02. The number of carbonyl (C=O) groups is 3. The summed E-state index contributed by atoms with van der Waals surface area (Å²) >= 11 is 0.979. The van der Waals surface area contributed by atoms with Crippen molar-refractivity contribution in [3.63, 3.8) is 0 Å². The third-order valence-corrected chi connectivity index (χ3v) is 10.1. The van der Waals surface area contributed by atoms with Crippen molar-refractivity contribution in [2.24, 2.45) is 0 Å². The highest BCUT2D eigenvalue weighted by molar-refractivity contribution is 7.93. The lowest BCUT2D eigenvalue weighted by atomic mass is 10.00. The molecule has 1 saturated carbocycles. The average molecular weight is 545 g/mol. The van der Waals surface area contributed by atoms with Gasteiger partial charge in [-0.15, -0.1) is 11.3 Å². The van der Waals surface area contributed by atoms with Crippen LogP contribution in [0, 0.1) is 5.82 Å². The summed E-state index contributed by atoms with van der Waals surface area (Å²) in [6, 6.07) is 7.94. The highest BCUT2D eigenvalue weighted by Gasteiger charge is 2.39. The summed E-state index contributed by atoms with van der Waals surface area (Å²) in [6.45, 7) is 2.99. The van der Waals surface area contributed by atoms with Crippen LogP contribution in [0.2, 0.25) is 0 Å². The summed E-state index contributed by atoms with van der Waals surface area (Å²) in [5.74, 6) is -2.07. The molecule has 194 valence electrons. The van der Waals surface area contributed by atoms with Gasteiger partial charge < -0.3 is 16.0 Å². The maximum Gasteiger partial charge on any atom is 0.251 e. The molecule has 9 nitrogen and oxygen atoms in total. The normalized spacial score (nSPS) is 15.9. The van der Waals surface area contributed by atoms with Crippen molar-refractivity contribution < 1.29 is 27.2 Å². The Morgan fingerprint density at radius 3 is 2.65 bits per heavy atom. The molecule has 5 rings (SSSR count). The summed E-state index contributed by atoms with van der Waals surface area (Å²) in [4.78, 5) is 41.4. The molecule has 3 aromatic rings. The number of benzene rings is 2. The Labute approximate surface area is 216 Å². The van der Waals surface area contributed by atoms with Gasteiger partial charge in [-0.1, -0.05) is 12.1 Å². The second kappa shape index (κ2) is 9.49. The van der Waals surface area contributed by atoms with Crippen LogP contribution in [0.3, 0.4) is 0 Å². The zero-order valence-electron chi connectivity index (χ0n) is 20.1. The van der Waals surface area contributed by atoms with Crippen molar-refractivity contribution in [2.75, 3.05) is 6.54 Å². The fraction of sp³-hybridized carbons (Fsp3) is 0.360. The quantitative estimate of drug-likeness (QED) is 0.399. The van der Waals surface area contributed by atoms with E-state index in [-0.39, 0.29) is 34.6 Å². The maximum atomic E-state index is 15.1. The Bertz CT molecular complexity index is 1550. The topological polar surface area (TPSA) is 134 Å². The van der Waals surface area contributed by atoms with E-state index in [1.165, 1.54) is 19.9 Å². The number of amides is 3. The van der Waals surface area contributed by atoms with Crippen LogP contribution < -0.4 is 16.0 Å². The molecule has 2 heterocycles. The number of hydrogen-bond donors (Lipinski definition) is 3. The Morgan fingerprint density at radius 2 is 1.95 bits per heavy atom. The summed E-state index contributed by atoms with van der Waals surface area (Å²) in [5.41, 5.74) is 2.25. The highest BCUT2D eigenvalue weighted by Crippen LogP contribution is 2.37. The molecule has 2 aromatic carbocycles. The predicted molar refractivity (Wildman–Crippen MR) is 137 cm³/mol. The molecule has 1 aromatic heterocycles. The monoisotopic (exact) mass is 544 g/mol. The molecular formula is C25H25FN4O5S2. The number of aromatic nitrogens is 1. The number of sulfone groups is 1. The molecular weight excluding hydrogens is 519 g/mol. The van der Waals surface area contributed by atoms with E-state index in [2.05, 4.69) is 20.9 Å². The molecule has 0 bridgehead atoms. The number of nitrogens with one attached hydrogen (secondary N) is 3. The van der Waals surface area contributed by atoms with Gasteiger partial charge in [0.2, 0.25) is 11.8 Å². The number of halogens is 1. The van der Waals surface area contributed by atoms with Crippen molar-refractivity contribution in [1.29, 1.82) is 0 Å². The lowest BCUT2D eigenvalue weighted by molar-refractivity contribution is -0.126. The van der Waals surface area contributed by atoms with Gasteiger partial charge in [0.05, 0.1) is 22.0 Å². The zero-order chi connectivity index (χ0) is 26.5. The molecule has 1 unspecified atom stereocenters. The van der Waals surface area contributed by atoms with Crippen LogP contribution in [0.25, 0.3) is 21.3 Å². The van der Waals surface area contributed by atoms with E-state index in [4.69, 9.17) is 0 Å². The number of hydrogen-bond acceptors (Lipinski definition) is 7. The molecule has 1 atom stereocenters. The minimum absolute atomic E-state index is 0.00585. The van der Waals surface area contributed by atoms with Crippen LogP contribution in [-0.4, -0.2) is 49.0 Å². The Morgan fingerprint density at radius 1 is 1.19 bits per heavy atom. The number of fused-ring (bicyclic) bond motifs is 2. The predicted octanol–water partition coefficient (Wildman–Crippen LogP) is 2.60. The summed E-state index contributed by atoms with van der Waals surface area (Å²) in [7, 11) is -4.02. The first-order valence-electron chi connectivity index (χ1n) is 11.9. The highest BCUT2D eigenvalue weighted by atomic mass is 32.2. The summed E-state index contributed by atoms with van der Waals surface area (Å²) in [6.07, 6.45) is 1.76. The Hall–Kier alpha value is -3.38. The third-order valence-electron chi connectivity index (χ3n) is 6.41. The van der Waals surface area contributed by atoms with Gasteiger partial charge >= 0.3 is 0 Å². The zero-order valence-corrected chi connectivity index (χ0v) is 21.8. The number of rotatable bonds is 8. The molecule has 2 aliphatic rings. The third kappa shape index (κ3) is 4.95. The molecule has 12 heteroatoms. The smallest absolute Gasteiger partial charge is 0.251 e. The molecule has 0 spiro atoms. The van der Waals surface area contributed by atoms with Crippen LogP contribution in [-0.2, 0) is 26.0 Å². The van der Waals surface area contributed by atoms with E-state index < -0.39 is 38.0 Å². The van der Waals surface area contributed by atoms with Gasteiger partial charge in [0, 0.05) is 29.8 Å². The van der Waals surface area contributed by atoms with E-state index in [1.54, 1.807) is 24.3 Å². The largest absolute Gasteiger partial charge is 0.352 e. The number of thiazole rings is 1. The SMILES string of the molecule is CC(C)S(=O)(=O)C(C(=O)NCC(=O)NC1CC1)c1nc2cc(F)c(-c3ccc4c(c3)C(=O)NC4)cc2s1. The van der Waals surface area contributed by atoms with Crippen molar-refractivity contribution in [3.05, 3.63) is 52.3 Å². The van der Waals surface area contributed by atoms with Gasteiger partial charge in [-0.3, -0.25) is 14.4 Å². The van der Waals surface area contributed by atoms with Gasteiger partial charge in [0.25, 0.3) is 5.91 Å². The van der Waals surface area contributed by atoms with Gasteiger partial charge in [0.1, 0.15) is 10.8 Å².